The quantitative estimate of drug-likeness (QED) is 0.0691. The van der Waals surface area contributed by atoms with E-state index in [0.717, 1.165) is 0 Å². The average Bonchev–Trinajstić information content (AvgIpc) is 2.92. The fraction of sp³-hybridized carbons (Fsp3) is 0.833. The minimum atomic E-state index is -2.31. The molecule has 0 fully saturated rings. The summed E-state index contributed by atoms with van der Waals surface area (Å²) in [5.74, 6) is -5.93. The van der Waals surface area contributed by atoms with Crippen LogP contribution in [0.4, 0.5) is 0 Å². The van der Waals surface area contributed by atoms with Crippen LogP contribution in [-0.2, 0) is 48.5 Å². The Hall–Kier alpha value is -1.27. The van der Waals surface area contributed by atoms with Crippen LogP contribution in [0, 0.1) is 0 Å². The molecule has 0 bridgehead atoms. The van der Waals surface area contributed by atoms with E-state index in [2.05, 4.69) is 0 Å². The zero-order chi connectivity index (χ0) is 31.8. The predicted molar refractivity (Wildman–Crippen MR) is 114 cm³/mol. The van der Waals surface area contributed by atoms with Gasteiger partial charge in [-0.3, -0.25) is 0 Å². The van der Waals surface area contributed by atoms with Gasteiger partial charge in [-0.1, -0.05) is 0 Å². The minimum Gasteiger partial charge on any atom is -0.870 e. The van der Waals surface area contributed by atoms with Gasteiger partial charge < -0.3 is 123 Å². The smallest absolute Gasteiger partial charge is 0.870 e. The second-order valence-electron chi connectivity index (χ2n) is 7.48. The Labute approximate surface area is 267 Å². The van der Waals surface area contributed by atoms with Crippen molar-refractivity contribution in [1.82, 2.24) is 0 Å². The number of aliphatic hydroxyl groups is 15. The van der Waals surface area contributed by atoms with Crippen molar-refractivity contribution in [2.75, 3.05) is 19.8 Å². The van der Waals surface area contributed by atoms with Crippen LogP contribution in [0.1, 0.15) is 0 Å². The molecule has 0 aliphatic carbocycles. The van der Waals surface area contributed by atoms with E-state index in [9.17, 15) is 29.7 Å². The molecule has 0 heterocycles. The number of aliphatic carboxylic acids is 3. The predicted octanol–water partition coefficient (Wildman–Crippen LogP) is -15.0. The average molecular weight is 748 g/mol. The third kappa shape index (κ3) is 23.1. The van der Waals surface area contributed by atoms with Crippen LogP contribution < -0.4 is 15.3 Å². The van der Waals surface area contributed by atoms with Gasteiger partial charge in [0.15, 0.2) is 0 Å². The Morgan fingerprint density at radius 2 is 0.523 bits per heavy atom. The van der Waals surface area contributed by atoms with Crippen LogP contribution in [0.15, 0.2) is 0 Å². The summed E-state index contributed by atoms with van der Waals surface area (Å²) in [7, 11) is 0. The molecule has 0 saturated heterocycles. The van der Waals surface area contributed by atoms with E-state index >= 15 is 0 Å². The van der Waals surface area contributed by atoms with E-state index in [-0.39, 0.29) is 50.6 Å². The van der Waals surface area contributed by atoms with Gasteiger partial charge in [0.25, 0.3) is 0 Å². The van der Waals surface area contributed by atoms with Gasteiger partial charge in [-0.25, -0.2) is 0 Å². The van der Waals surface area contributed by atoms with Gasteiger partial charge in [-0.15, -0.1) is 0 Å². The zero-order valence-electron chi connectivity index (χ0n) is 21.8. The molecule has 0 rings (SSSR count). The molecule has 26 heteroatoms. The molecule has 0 aromatic carbocycles. The van der Waals surface area contributed by atoms with Crippen molar-refractivity contribution >= 4 is 17.9 Å². The fourth-order valence-electron chi connectivity index (χ4n) is 1.99. The summed E-state index contributed by atoms with van der Waals surface area (Å²) >= 11 is 0. The van der Waals surface area contributed by atoms with Crippen LogP contribution in [0.5, 0.6) is 0 Å². The van der Waals surface area contributed by atoms with E-state index in [1.807, 2.05) is 0 Å². The molecule has 268 valence electrons. The molecule has 0 spiro atoms. The minimum absolute atomic E-state index is 0. The summed E-state index contributed by atoms with van der Waals surface area (Å²) < 4.78 is 0. The Bertz CT molecular complexity index is 616. The molecule has 0 aliphatic heterocycles. The normalized spacial score (nSPS) is 18.1. The summed E-state index contributed by atoms with van der Waals surface area (Å²) in [4.78, 5) is 29.9. The van der Waals surface area contributed by atoms with Crippen molar-refractivity contribution in [2.24, 2.45) is 0 Å². The van der Waals surface area contributed by atoms with Crippen LogP contribution in [-0.4, -0.2) is 204 Å². The largest absolute Gasteiger partial charge is 3.00 e. The Kier molecular flexibility index (Phi) is 44.4. The van der Waals surface area contributed by atoms with E-state index in [1.54, 1.807) is 0 Å². The van der Waals surface area contributed by atoms with Gasteiger partial charge >= 0.3 is 34.1 Å². The number of hydrogen-bond acceptors (Lipinski definition) is 24. The van der Waals surface area contributed by atoms with Crippen LogP contribution in [0.2, 0.25) is 0 Å². The van der Waals surface area contributed by atoms with Gasteiger partial charge in [0, 0.05) is 0 Å². The van der Waals surface area contributed by atoms with E-state index < -0.39 is 111 Å². The molecule has 12 atom stereocenters. The summed E-state index contributed by atoms with van der Waals surface area (Å²) in [6.45, 7) is -2.59. The molecular formula is C18H36Fe2O24. The molecule has 24 nitrogen and oxygen atoms in total. The first-order valence-electron chi connectivity index (χ1n) is 10.4. The van der Waals surface area contributed by atoms with Crippen molar-refractivity contribution in [3.63, 3.8) is 0 Å². The third-order valence-corrected chi connectivity index (χ3v) is 4.49. The van der Waals surface area contributed by atoms with Gasteiger partial charge in [0.05, 0.1) is 37.7 Å². The van der Waals surface area contributed by atoms with Gasteiger partial charge in [-0.05, 0) is 0 Å². The van der Waals surface area contributed by atoms with Gasteiger partial charge in [0.1, 0.15) is 73.2 Å². The second kappa shape index (κ2) is 31.7. The number of carbonyl (C=O) groups excluding carboxylic acids is 3. The number of carbonyl (C=O) groups is 3. The molecule has 2 radical (unpaired) electrons. The third-order valence-electron chi connectivity index (χ3n) is 4.49. The maximum absolute atomic E-state index is 9.98. The van der Waals surface area contributed by atoms with Crippen LogP contribution in [0.25, 0.3) is 0 Å². The molecule has 44 heavy (non-hydrogen) atoms. The standard InChI is InChI=1S/3C6H12O7.2Fe.3H2O/c3*7-1-2(8)3(9)4(10)5(11)6(12)13;;;;;/h3*2-5,7-11H,1H2,(H,12,13);;;3*1H2/q;;;2*+3;;;/p-6/t3*2-,3-,4+,5-;;;;;/m111...../s1. The monoisotopic (exact) mass is 748 g/mol. The fourth-order valence-corrected chi connectivity index (χ4v) is 1.99. The molecule has 0 saturated carbocycles. The Balaban J connectivity index is -0.0000000697. The van der Waals surface area contributed by atoms with E-state index in [4.69, 9.17) is 76.6 Å². The molecular weight excluding hydrogens is 712 g/mol. The first-order valence-corrected chi connectivity index (χ1v) is 10.4. The van der Waals surface area contributed by atoms with Crippen molar-refractivity contribution in [3.05, 3.63) is 0 Å². The van der Waals surface area contributed by atoms with Crippen molar-refractivity contribution in [2.45, 2.75) is 73.2 Å². The maximum Gasteiger partial charge on any atom is 3.00 e. The van der Waals surface area contributed by atoms with Gasteiger partial charge in [-0.2, -0.15) is 0 Å². The number of aliphatic hydroxyl groups excluding tert-OH is 15. The Morgan fingerprint density at radius 1 is 0.386 bits per heavy atom. The van der Waals surface area contributed by atoms with Crippen molar-refractivity contribution in [3.8, 4) is 0 Å². The molecule has 0 aromatic heterocycles. The molecule has 0 unspecified atom stereocenters. The van der Waals surface area contributed by atoms with Crippen molar-refractivity contribution in [1.29, 1.82) is 0 Å². The van der Waals surface area contributed by atoms with Gasteiger partial charge in [0.2, 0.25) is 0 Å². The van der Waals surface area contributed by atoms with Crippen molar-refractivity contribution < 1.29 is 157 Å². The Morgan fingerprint density at radius 3 is 0.614 bits per heavy atom. The molecule has 0 amide bonds. The molecule has 0 aliphatic rings. The first kappa shape index (κ1) is 61.7. The number of carboxylic acids is 3. The molecule has 0 aromatic rings. The van der Waals surface area contributed by atoms with Crippen LogP contribution >= 0.6 is 0 Å². The first-order chi connectivity index (χ1) is 17.7. The van der Waals surface area contributed by atoms with E-state index in [1.165, 1.54) is 0 Å². The topological polar surface area (TPSA) is 514 Å². The molecule has 18 N–H and O–H groups in total. The summed E-state index contributed by atoms with van der Waals surface area (Å²) in [5.41, 5.74) is 0. The summed E-state index contributed by atoms with van der Waals surface area (Å²) in [6, 6.07) is 0. The SMILES string of the molecule is O=C([O-])[C@H](O)[C@@H](O)[C@H](O)[C@H](O)CO.O=C([O-])[C@H](O)[C@@H](O)[C@H](O)[C@H](O)CO.O=C([O-])[C@H](O)[C@@H](O)[C@H](O)[C@H](O)CO.[Fe+3].[Fe+3].[OH-].[OH-].[OH-]. The van der Waals surface area contributed by atoms with E-state index in [0.29, 0.717) is 0 Å². The van der Waals surface area contributed by atoms with Crippen LogP contribution in [0.3, 0.4) is 0 Å². The zero-order valence-corrected chi connectivity index (χ0v) is 24.0. The number of hydrogen-bond donors (Lipinski definition) is 15. The summed E-state index contributed by atoms with van der Waals surface area (Å²) in [5, 5.41) is 160. The second-order valence-corrected chi connectivity index (χ2v) is 7.48. The number of rotatable bonds is 15. The summed E-state index contributed by atoms with van der Waals surface area (Å²) in [6.07, 6.45) is -24.2. The maximum atomic E-state index is 9.98. The number of carboxylic acid groups (broad SMARTS) is 3.